The highest BCUT2D eigenvalue weighted by atomic mass is 35.5. The van der Waals surface area contributed by atoms with Crippen LogP contribution in [0, 0.1) is 0 Å². The standard InChI is InChI=1S/C21H19ClF5N7O2/c1-20(21(25,26)27)9-33(13-6-28-15-5-14(22)31-34(15)17(13)20)19(35)29-10-3-12(18(23)24)30-16(4-10)36-11-7-32(2)8-11/h3-6,11,18H,7-9H2,1-2H3,(H,29,30,35)/t20-/m1/s1. The zero-order valence-electron chi connectivity index (χ0n) is 18.9. The molecule has 1 atom stereocenters. The first-order valence-corrected chi connectivity index (χ1v) is 11.1. The molecule has 2 amide bonds. The van der Waals surface area contributed by atoms with Crippen LogP contribution >= 0.6 is 11.6 Å². The molecule has 0 spiro atoms. The van der Waals surface area contributed by atoms with Crippen LogP contribution in [0.4, 0.5) is 38.1 Å². The second kappa shape index (κ2) is 8.40. The van der Waals surface area contributed by atoms with Gasteiger partial charge in [0, 0.05) is 37.5 Å². The SMILES string of the molecule is CN1CC(Oc2cc(NC(=O)N3C[C@@](C)(C(F)(F)F)c4c3cnc3cc(Cl)nn43)cc(C(F)F)n2)C1. The van der Waals surface area contributed by atoms with Crippen molar-refractivity contribution >= 4 is 34.7 Å². The van der Waals surface area contributed by atoms with Gasteiger partial charge >= 0.3 is 12.2 Å². The summed E-state index contributed by atoms with van der Waals surface area (Å²) in [6.07, 6.45) is -6.86. The van der Waals surface area contributed by atoms with Gasteiger partial charge in [-0.15, -0.1) is 0 Å². The number of halogens is 6. The third-order valence-electron chi connectivity index (χ3n) is 6.21. The molecular formula is C21H19ClF5N7O2. The molecule has 36 heavy (non-hydrogen) atoms. The molecule has 0 bridgehead atoms. The first kappa shape index (κ1) is 24.4. The number of ether oxygens (including phenoxy) is 1. The molecule has 1 N–H and O–H groups in total. The number of urea groups is 1. The van der Waals surface area contributed by atoms with Crippen molar-refractivity contribution < 1.29 is 31.5 Å². The van der Waals surface area contributed by atoms with E-state index in [1.165, 1.54) is 12.1 Å². The smallest absolute Gasteiger partial charge is 0.401 e. The van der Waals surface area contributed by atoms with Gasteiger partial charge in [0.1, 0.15) is 17.2 Å². The number of rotatable bonds is 4. The molecular weight excluding hydrogens is 513 g/mol. The van der Waals surface area contributed by atoms with Gasteiger partial charge in [-0.3, -0.25) is 9.80 Å². The van der Waals surface area contributed by atoms with Crippen molar-refractivity contribution in [2.24, 2.45) is 0 Å². The summed E-state index contributed by atoms with van der Waals surface area (Å²) in [6.45, 7) is 1.29. The van der Waals surface area contributed by atoms with Crippen LogP contribution in [-0.2, 0) is 5.41 Å². The molecule has 0 aliphatic carbocycles. The third-order valence-corrected chi connectivity index (χ3v) is 6.39. The molecule has 0 aromatic carbocycles. The minimum Gasteiger partial charge on any atom is -0.472 e. The zero-order chi connectivity index (χ0) is 26.0. The number of fused-ring (bicyclic) bond motifs is 3. The van der Waals surface area contributed by atoms with E-state index in [9.17, 15) is 26.7 Å². The summed E-state index contributed by atoms with van der Waals surface area (Å²) in [5.74, 6) is -0.127. The van der Waals surface area contributed by atoms with Crippen LogP contribution in [-0.4, -0.2) is 69.5 Å². The topological polar surface area (TPSA) is 87.9 Å². The summed E-state index contributed by atoms with van der Waals surface area (Å²) < 4.78 is 76.2. The van der Waals surface area contributed by atoms with Gasteiger partial charge < -0.3 is 10.1 Å². The zero-order valence-corrected chi connectivity index (χ0v) is 19.6. The number of pyridine rings is 1. The van der Waals surface area contributed by atoms with Gasteiger partial charge in [0.15, 0.2) is 10.8 Å². The second-order valence-corrected chi connectivity index (χ2v) is 9.34. The van der Waals surface area contributed by atoms with Gasteiger partial charge in [0.05, 0.1) is 17.6 Å². The predicted octanol–water partition coefficient (Wildman–Crippen LogP) is 4.28. The highest BCUT2D eigenvalue weighted by molar-refractivity contribution is 6.29. The van der Waals surface area contributed by atoms with Crippen LogP contribution in [0.5, 0.6) is 5.88 Å². The van der Waals surface area contributed by atoms with Crippen molar-refractivity contribution in [3.8, 4) is 5.88 Å². The molecule has 0 radical (unpaired) electrons. The van der Waals surface area contributed by atoms with Crippen molar-refractivity contribution in [2.45, 2.75) is 31.0 Å². The Bertz CT molecular complexity index is 1340. The highest BCUT2D eigenvalue weighted by Gasteiger charge is 2.60. The molecule has 15 heteroatoms. The summed E-state index contributed by atoms with van der Waals surface area (Å²) in [5.41, 5.74) is -3.64. The Labute approximate surface area is 205 Å². The van der Waals surface area contributed by atoms with Crippen LogP contribution < -0.4 is 15.0 Å². The van der Waals surface area contributed by atoms with Gasteiger partial charge in [-0.1, -0.05) is 11.6 Å². The number of hydrogen-bond donors (Lipinski definition) is 1. The molecule has 5 rings (SSSR count). The Morgan fingerprint density at radius 1 is 1.28 bits per heavy atom. The van der Waals surface area contributed by atoms with E-state index in [1.807, 2.05) is 11.9 Å². The number of amides is 2. The molecule has 1 fully saturated rings. The monoisotopic (exact) mass is 531 g/mol. The number of likely N-dealkylation sites (tertiary alicyclic amines) is 1. The number of alkyl halides is 5. The highest BCUT2D eigenvalue weighted by Crippen LogP contribution is 2.50. The maximum absolute atomic E-state index is 14.2. The summed E-state index contributed by atoms with van der Waals surface area (Å²) >= 11 is 5.88. The van der Waals surface area contributed by atoms with E-state index in [0.29, 0.717) is 13.1 Å². The van der Waals surface area contributed by atoms with Crippen molar-refractivity contribution in [1.82, 2.24) is 24.5 Å². The lowest BCUT2D eigenvalue weighted by Crippen LogP contribution is -2.51. The quantitative estimate of drug-likeness (QED) is 0.506. The lowest BCUT2D eigenvalue weighted by atomic mass is 9.88. The molecule has 0 unspecified atom stereocenters. The normalized spacial score (nSPS) is 20.6. The predicted molar refractivity (Wildman–Crippen MR) is 119 cm³/mol. The fraction of sp³-hybridized carbons (Fsp3) is 0.429. The van der Waals surface area contributed by atoms with Gasteiger partial charge in [-0.2, -0.15) is 18.3 Å². The van der Waals surface area contributed by atoms with E-state index in [1.54, 1.807) is 0 Å². The lowest BCUT2D eigenvalue weighted by molar-refractivity contribution is -0.181. The molecule has 192 valence electrons. The Hall–Kier alpha value is -3.26. The second-order valence-electron chi connectivity index (χ2n) is 8.96. The van der Waals surface area contributed by atoms with E-state index >= 15 is 0 Å². The van der Waals surface area contributed by atoms with Gasteiger partial charge in [0.25, 0.3) is 6.43 Å². The number of likely N-dealkylation sites (N-methyl/N-ethyl adjacent to an activating group) is 1. The number of nitrogens with one attached hydrogen (secondary N) is 1. The van der Waals surface area contributed by atoms with Crippen LogP contribution in [0.25, 0.3) is 5.65 Å². The summed E-state index contributed by atoms with van der Waals surface area (Å²) in [4.78, 5) is 23.8. The average molecular weight is 532 g/mol. The average Bonchev–Trinajstić information content (AvgIpc) is 3.29. The largest absolute Gasteiger partial charge is 0.472 e. The summed E-state index contributed by atoms with van der Waals surface area (Å²) in [7, 11) is 1.86. The van der Waals surface area contributed by atoms with Crippen molar-refractivity contribution in [3.63, 3.8) is 0 Å². The number of anilines is 2. The van der Waals surface area contributed by atoms with Crippen molar-refractivity contribution in [2.75, 3.05) is 36.9 Å². The van der Waals surface area contributed by atoms with E-state index in [-0.39, 0.29) is 39.9 Å². The minimum atomic E-state index is -4.76. The van der Waals surface area contributed by atoms with E-state index in [4.69, 9.17) is 16.3 Å². The molecule has 0 saturated carbocycles. The molecule has 5 heterocycles. The van der Waals surface area contributed by atoms with Crippen LogP contribution in [0.2, 0.25) is 5.15 Å². The first-order chi connectivity index (χ1) is 16.9. The molecule has 1 saturated heterocycles. The Kier molecular flexibility index (Phi) is 5.70. The van der Waals surface area contributed by atoms with Crippen LogP contribution in [0.1, 0.15) is 24.7 Å². The number of carbonyl (C=O) groups is 1. The Morgan fingerprint density at radius 3 is 2.64 bits per heavy atom. The number of aromatic nitrogens is 4. The van der Waals surface area contributed by atoms with Crippen molar-refractivity contribution in [3.05, 3.63) is 40.9 Å². The first-order valence-electron chi connectivity index (χ1n) is 10.7. The van der Waals surface area contributed by atoms with Crippen LogP contribution in [0.15, 0.2) is 24.4 Å². The fourth-order valence-corrected chi connectivity index (χ4v) is 4.51. The molecule has 9 nitrogen and oxygen atoms in total. The number of hydrogen-bond acceptors (Lipinski definition) is 6. The third kappa shape index (κ3) is 4.07. The van der Waals surface area contributed by atoms with Gasteiger partial charge in [-0.25, -0.2) is 28.1 Å². The summed E-state index contributed by atoms with van der Waals surface area (Å²) in [6, 6.07) is 2.50. The summed E-state index contributed by atoms with van der Waals surface area (Å²) in [5, 5.41) is 6.24. The van der Waals surface area contributed by atoms with Crippen molar-refractivity contribution in [1.29, 1.82) is 0 Å². The van der Waals surface area contributed by atoms with E-state index in [2.05, 4.69) is 20.4 Å². The van der Waals surface area contributed by atoms with E-state index in [0.717, 1.165) is 28.6 Å². The maximum Gasteiger partial charge on any atom is 0.401 e. The van der Waals surface area contributed by atoms with Gasteiger partial charge in [-0.05, 0) is 20.0 Å². The number of carbonyl (C=O) groups excluding carboxylic acids is 1. The molecule has 3 aromatic heterocycles. The Morgan fingerprint density at radius 2 is 2.00 bits per heavy atom. The lowest BCUT2D eigenvalue weighted by Gasteiger charge is -2.35. The van der Waals surface area contributed by atoms with E-state index < -0.39 is 36.3 Å². The minimum absolute atomic E-state index is 0.0650. The Balaban J connectivity index is 1.49. The molecule has 2 aliphatic rings. The fourth-order valence-electron chi connectivity index (χ4n) is 4.34. The molecule has 2 aliphatic heterocycles. The number of nitrogens with zero attached hydrogens (tertiary/aromatic N) is 6. The maximum atomic E-state index is 14.2. The molecule has 3 aromatic rings. The van der Waals surface area contributed by atoms with Crippen LogP contribution in [0.3, 0.4) is 0 Å². The van der Waals surface area contributed by atoms with Gasteiger partial charge in [0.2, 0.25) is 5.88 Å².